The van der Waals surface area contributed by atoms with Gasteiger partial charge in [-0.15, -0.1) is 11.3 Å². The van der Waals surface area contributed by atoms with Crippen molar-refractivity contribution in [3.05, 3.63) is 16.1 Å². The minimum atomic E-state index is -0.782. The predicted octanol–water partition coefficient (Wildman–Crippen LogP) is 1.54. The molecular formula is C12H19N3O3S. The molecule has 7 heteroatoms. The third-order valence-electron chi connectivity index (χ3n) is 2.50. The summed E-state index contributed by atoms with van der Waals surface area (Å²) in [4.78, 5) is 26.2. The van der Waals surface area contributed by atoms with Crippen LogP contribution < -0.4 is 11.1 Å². The van der Waals surface area contributed by atoms with Crippen molar-refractivity contribution < 1.29 is 14.7 Å². The van der Waals surface area contributed by atoms with Crippen molar-refractivity contribution in [1.29, 1.82) is 0 Å². The lowest BCUT2D eigenvalue weighted by Gasteiger charge is -2.02. The van der Waals surface area contributed by atoms with Crippen molar-refractivity contribution in [2.45, 2.75) is 38.6 Å². The molecular weight excluding hydrogens is 266 g/mol. The summed E-state index contributed by atoms with van der Waals surface area (Å²) in [5.41, 5.74) is 6.07. The third kappa shape index (κ3) is 5.80. The standard InChI is InChI=1S/C12H19N3O3S/c1-8(13)12-15-9(7-19-12)11(18)14-6-4-2-3-5-10(16)17/h7-8H,2-6,13H2,1H3,(H,14,18)(H,16,17). The van der Waals surface area contributed by atoms with Gasteiger partial charge in [0.05, 0.1) is 6.04 Å². The molecule has 1 aromatic heterocycles. The molecule has 19 heavy (non-hydrogen) atoms. The zero-order chi connectivity index (χ0) is 14.3. The van der Waals surface area contributed by atoms with Crippen LogP contribution >= 0.6 is 11.3 Å². The number of nitrogens with one attached hydrogen (secondary N) is 1. The topological polar surface area (TPSA) is 105 Å². The molecule has 1 rings (SSSR count). The Hall–Kier alpha value is -1.47. The zero-order valence-corrected chi connectivity index (χ0v) is 11.7. The van der Waals surface area contributed by atoms with Crippen molar-refractivity contribution in [2.75, 3.05) is 6.54 Å². The van der Waals surface area contributed by atoms with E-state index >= 15 is 0 Å². The number of carbonyl (C=O) groups is 2. The number of carbonyl (C=O) groups excluding carboxylic acids is 1. The molecule has 1 atom stereocenters. The van der Waals surface area contributed by atoms with Crippen LogP contribution in [-0.4, -0.2) is 28.5 Å². The van der Waals surface area contributed by atoms with Crippen LogP contribution in [0.25, 0.3) is 0 Å². The summed E-state index contributed by atoms with van der Waals surface area (Å²) >= 11 is 1.37. The molecule has 0 radical (unpaired) electrons. The Bertz CT molecular complexity index is 432. The molecule has 0 aliphatic carbocycles. The molecule has 0 aromatic carbocycles. The Morgan fingerprint density at radius 1 is 1.47 bits per heavy atom. The van der Waals surface area contributed by atoms with Gasteiger partial charge in [0.2, 0.25) is 0 Å². The molecule has 1 amide bonds. The highest BCUT2D eigenvalue weighted by molar-refractivity contribution is 7.09. The number of aromatic nitrogens is 1. The quantitative estimate of drug-likeness (QED) is 0.628. The normalized spacial score (nSPS) is 12.1. The summed E-state index contributed by atoms with van der Waals surface area (Å²) in [5.74, 6) is -0.990. The minimum absolute atomic E-state index is 0.164. The van der Waals surface area contributed by atoms with E-state index < -0.39 is 5.97 Å². The maximum Gasteiger partial charge on any atom is 0.303 e. The van der Waals surface area contributed by atoms with Gasteiger partial charge in [0, 0.05) is 18.3 Å². The summed E-state index contributed by atoms with van der Waals surface area (Å²) < 4.78 is 0. The van der Waals surface area contributed by atoms with Crippen LogP contribution in [0.15, 0.2) is 5.38 Å². The fourth-order valence-electron chi connectivity index (χ4n) is 1.47. The lowest BCUT2D eigenvalue weighted by Crippen LogP contribution is -2.24. The molecule has 0 saturated heterocycles. The Morgan fingerprint density at radius 3 is 2.79 bits per heavy atom. The number of aliphatic carboxylic acids is 1. The van der Waals surface area contributed by atoms with Gasteiger partial charge in [-0.25, -0.2) is 4.98 Å². The summed E-state index contributed by atoms with van der Waals surface area (Å²) in [6.07, 6.45) is 2.37. The Morgan fingerprint density at radius 2 is 2.21 bits per heavy atom. The first-order valence-electron chi connectivity index (χ1n) is 6.21. The number of nitrogens with two attached hydrogens (primary N) is 1. The van der Waals surface area contributed by atoms with E-state index in [2.05, 4.69) is 10.3 Å². The van der Waals surface area contributed by atoms with Gasteiger partial charge < -0.3 is 16.2 Å². The monoisotopic (exact) mass is 285 g/mol. The van der Waals surface area contributed by atoms with Crippen LogP contribution in [0.4, 0.5) is 0 Å². The van der Waals surface area contributed by atoms with Gasteiger partial charge in [0.15, 0.2) is 0 Å². The van der Waals surface area contributed by atoms with Crippen LogP contribution in [-0.2, 0) is 4.79 Å². The fourth-order valence-corrected chi connectivity index (χ4v) is 2.23. The second-order valence-corrected chi connectivity index (χ2v) is 5.21. The maximum absolute atomic E-state index is 11.7. The molecule has 0 aliphatic rings. The van der Waals surface area contributed by atoms with Gasteiger partial charge in [-0.05, 0) is 19.8 Å². The number of thiazole rings is 1. The maximum atomic E-state index is 11.7. The van der Waals surface area contributed by atoms with E-state index in [9.17, 15) is 9.59 Å². The molecule has 0 spiro atoms. The van der Waals surface area contributed by atoms with Gasteiger partial charge >= 0.3 is 5.97 Å². The number of unbranched alkanes of at least 4 members (excludes halogenated alkanes) is 2. The molecule has 0 saturated carbocycles. The number of carboxylic acids is 1. The highest BCUT2D eigenvalue weighted by atomic mass is 32.1. The molecule has 0 bridgehead atoms. The van der Waals surface area contributed by atoms with Crippen LogP contribution in [0, 0.1) is 0 Å². The number of amides is 1. The van der Waals surface area contributed by atoms with Crippen molar-refractivity contribution in [2.24, 2.45) is 5.73 Å². The van der Waals surface area contributed by atoms with E-state index in [0.717, 1.165) is 17.8 Å². The first-order chi connectivity index (χ1) is 9.00. The van der Waals surface area contributed by atoms with Gasteiger partial charge in [0.25, 0.3) is 5.91 Å². The molecule has 4 N–H and O–H groups in total. The van der Waals surface area contributed by atoms with Gasteiger partial charge in [-0.1, -0.05) is 6.42 Å². The average Bonchev–Trinajstić information content (AvgIpc) is 2.82. The number of carboxylic acid groups (broad SMARTS) is 1. The van der Waals surface area contributed by atoms with Gasteiger partial charge in [0.1, 0.15) is 10.7 Å². The highest BCUT2D eigenvalue weighted by Gasteiger charge is 2.11. The zero-order valence-electron chi connectivity index (χ0n) is 10.9. The Labute approximate surface area is 116 Å². The van der Waals surface area contributed by atoms with Crippen molar-refractivity contribution in [1.82, 2.24) is 10.3 Å². The lowest BCUT2D eigenvalue weighted by atomic mass is 10.2. The van der Waals surface area contributed by atoms with E-state index in [1.54, 1.807) is 5.38 Å². The number of hydrogen-bond acceptors (Lipinski definition) is 5. The smallest absolute Gasteiger partial charge is 0.303 e. The van der Waals surface area contributed by atoms with Crippen molar-refractivity contribution in [3.8, 4) is 0 Å². The van der Waals surface area contributed by atoms with Crippen molar-refractivity contribution >= 4 is 23.2 Å². The predicted molar refractivity (Wildman–Crippen MR) is 73.2 cm³/mol. The molecule has 1 unspecified atom stereocenters. The number of nitrogens with zero attached hydrogens (tertiary/aromatic N) is 1. The molecule has 106 valence electrons. The molecule has 0 fully saturated rings. The summed E-state index contributed by atoms with van der Waals surface area (Å²) in [6, 6.07) is -0.164. The van der Waals surface area contributed by atoms with E-state index in [1.165, 1.54) is 11.3 Å². The fraction of sp³-hybridized carbons (Fsp3) is 0.583. The number of rotatable bonds is 8. The van der Waals surface area contributed by atoms with Crippen LogP contribution in [0.5, 0.6) is 0 Å². The van der Waals surface area contributed by atoms with E-state index in [1.807, 2.05) is 6.92 Å². The molecule has 6 nitrogen and oxygen atoms in total. The van der Waals surface area contributed by atoms with Crippen LogP contribution in [0.3, 0.4) is 0 Å². The molecule has 1 heterocycles. The average molecular weight is 285 g/mol. The third-order valence-corrected chi connectivity index (χ3v) is 3.54. The SMILES string of the molecule is CC(N)c1nc(C(=O)NCCCCCC(=O)O)cs1. The second-order valence-electron chi connectivity index (χ2n) is 4.32. The molecule has 1 aromatic rings. The largest absolute Gasteiger partial charge is 0.481 e. The minimum Gasteiger partial charge on any atom is -0.481 e. The Kier molecular flexibility index (Phi) is 6.44. The van der Waals surface area contributed by atoms with E-state index in [4.69, 9.17) is 10.8 Å². The van der Waals surface area contributed by atoms with Gasteiger partial charge in [-0.2, -0.15) is 0 Å². The van der Waals surface area contributed by atoms with E-state index in [0.29, 0.717) is 18.7 Å². The summed E-state index contributed by atoms with van der Waals surface area (Å²) in [6.45, 7) is 2.35. The number of hydrogen-bond donors (Lipinski definition) is 3. The second kappa shape index (κ2) is 7.85. The van der Waals surface area contributed by atoms with Crippen LogP contribution in [0.1, 0.15) is 54.1 Å². The molecule has 0 aliphatic heterocycles. The van der Waals surface area contributed by atoms with Crippen LogP contribution in [0.2, 0.25) is 0 Å². The van der Waals surface area contributed by atoms with Gasteiger partial charge in [-0.3, -0.25) is 9.59 Å². The highest BCUT2D eigenvalue weighted by Crippen LogP contribution is 2.15. The first-order valence-corrected chi connectivity index (χ1v) is 7.09. The van der Waals surface area contributed by atoms with Crippen molar-refractivity contribution in [3.63, 3.8) is 0 Å². The summed E-state index contributed by atoms with van der Waals surface area (Å²) in [5, 5.41) is 13.7. The Balaban J connectivity index is 2.22. The van der Waals surface area contributed by atoms with E-state index in [-0.39, 0.29) is 18.4 Å². The summed E-state index contributed by atoms with van der Waals surface area (Å²) in [7, 11) is 0. The first kappa shape index (κ1) is 15.6. The lowest BCUT2D eigenvalue weighted by molar-refractivity contribution is -0.137.